The van der Waals surface area contributed by atoms with Crippen LogP contribution < -0.4 is 5.73 Å². The Balaban J connectivity index is 2.54. The van der Waals surface area contributed by atoms with Crippen molar-refractivity contribution in [1.82, 2.24) is 10.2 Å². The van der Waals surface area contributed by atoms with E-state index in [1.165, 1.54) is 0 Å². The van der Waals surface area contributed by atoms with Gasteiger partial charge in [0, 0.05) is 15.9 Å². The van der Waals surface area contributed by atoms with Crippen molar-refractivity contribution in [3.05, 3.63) is 28.4 Å². The molecule has 1 aromatic heterocycles. The van der Waals surface area contributed by atoms with Crippen molar-refractivity contribution in [2.45, 2.75) is 19.9 Å². The van der Waals surface area contributed by atoms with E-state index < -0.39 is 0 Å². The number of rotatable bonds is 2. The number of fused-ring (bicyclic) bond motifs is 1. The van der Waals surface area contributed by atoms with Crippen molar-refractivity contribution in [1.29, 1.82) is 0 Å². The van der Waals surface area contributed by atoms with Crippen molar-refractivity contribution >= 4 is 26.8 Å². The van der Waals surface area contributed by atoms with E-state index in [9.17, 15) is 0 Å². The molecule has 2 rings (SSSR count). The highest BCUT2D eigenvalue weighted by Gasteiger charge is 2.15. The lowest BCUT2D eigenvalue weighted by atomic mass is 9.99. The summed E-state index contributed by atoms with van der Waals surface area (Å²) in [7, 11) is 0. The maximum Gasteiger partial charge on any atom is 0.0935 e. The SMILES string of the molecule is CC(C)C(N)c1[nH]nc2cc(Br)ccc12. The van der Waals surface area contributed by atoms with E-state index in [2.05, 4.69) is 40.0 Å². The van der Waals surface area contributed by atoms with Gasteiger partial charge in [0.2, 0.25) is 0 Å². The first-order valence-corrected chi connectivity index (χ1v) is 5.78. The molecule has 0 aliphatic carbocycles. The van der Waals surface area contributed by atoms with Crippen LogP contribution in [-0.2, 0) is 0 Å². The first-order chi connectivity index (χ1) is 7.09. The Labute approximate surface area is 97.2 Å². The zero-order chi connectivity index (χ0) is 11.0. The highest BCUT2D eigenvalue weighted by Crippen LogP contribution is 2.26. The average Bonchev–Trinajstić information content (AvgIpc) is 2.59. The Kier molecular flexibility index (Phi) is 2.80. The van der Waals surface area contributed by atoms with Gasteiger partial charge in [0.15, 0.2) is 0 Å². The maximum atomic E-state index is 6.10. The molecule has 0 saturated carbocycles. The predicted octanol–water partition coefficient (Wildman–Crippen LogP) is 2.98. The molecule has 15 heavy (non-hydrogen) atoms. The van der Waals surface area contributed by atoms with Gasteiger partial charge in [0.1, 0.15) is 0 Å². The van der Waals surface area contributed by atoms with Gasteiger partial charge in [-0.2, -0.15) is 5.10 Å². The summed E-state index contributed by atoms with van der Waals surface area (Å²) in [6, 6.07) is 6.05. The van der Waals surface area contributed by atoms with Crippen LogP contribution in [0.5, 0.6) is 0 Å². The smallest absolute Gasteiger partial charge is 0.0935 e. The largest absolute Gasteiger partial charge is 0.322 e. The summed E-state index contributed by atoms with van der Waals surface area (Å²) >= 11 is 3.42. The maximum absolute atomic E-state index is 6.10. The van der Waals surface area contributed by atoms with Gasteiger partial charge in [-0.1, -0.05) is 29.8 Å². The van der Waals surface area contributed by atoms with Crippen LogP contribution in [0.15, 0.2) is 22.7 Å². The normalized spacial score (nSPS) is 13.7. The van der Waals surface area contributed by atoms with Gasteiger partial charge < -0.3 is 5.73 Å². The second-order valence-corrected chi connectivity index (χ2v) is 4.98. The van der Waals surface area contributed by atoms with Crippen LogP contribution in [0.3, 0.4) is 0 Å². The number of hydrogen-bond donors (Lipinski definition) is 2. The van der Waals surface area contributed by atoms with Crippen LogP contribution in [0.25, 0.3) is 10.9 Å². The summed E-state index contributed by atoms with van der Waals surface area (Å²) in [6.07, 6.45) is 0. The molecule has 3 nitrogen and oxygen atoms in total. The number of nitrogens with zero attached hydrogens (tertiary/aromatic N) is 1. The Morgan fingerprint density at radius 1 is 1.40 bits per heavy atom. The molecule has 1 unspecified atom stereocenters. The quantitative estimate of drug-likeness (QED) is 0.879. The molecule has 0 amide bonds. The molecule has 1 aromatic carbocycles. The first kappa shape index (κ1) is 10.6. The monoisotopic (exact) mass is 267 g/mol. The van der Waals surface area contributed by atoms with Gasteiger partial charge in [-0.25, -0.2) is 0 Å². The van der Waals surface area contributed by atoms with Crippen LogP contribution >= 0.6 is 15.9 Å². The molecule has 1 heterocycles. The van der Waals surface area contributed by atoms with Crippen LogP contribution in [0, 0.1) is 5.92 Å². The molecule has 0 bridgehead atoms. The Morgan fingerprint density at radius 3 is 2.80 bits per heavy atom. The molecule has 3 N–H and O–H groups in total. The molecule has 0 aliphatic heterocycles. The van der Waals surface area contributed by atoms with Gasteiger partial charge in [-0.05, 0) is 24.1 Å². The summed E-state index contributed by atoms with van der Waals surface area (Å²) in [5, 5.41) is 8.38. The van der Waals surface area contributed by atoms with Crippen LogP contribution in [0.4, 0.5) is 0 Å². The fraction of sp³-hybridized carbons (Fsp3) is 0.364. The van der Waals surface area contributed by atoms with Crippen molar-refractivity contribution in [2.24, 2.45) is 11.7 Å². The molecule has 0 radical (unpaired) electrons. The summed E-state index contributed by atoms with van der Waals surface area (Å²) in [5.41, 5.74) is 8.08. The lowest BCUT2D eigenvalue weighted by Crippen LogP contribution is -2.17. The summed E-state index contributed by atoms with van der Waals surface area (Å²) < 4.78 is 1.03. The van der Waals surface area contributed by atoms with Gasteiger partial charge in [0.05, 0.1) is 11.2 Å². The van der Waals surface area contributed by atoms with E-state index in [4.69, 9.17) is 5.73 Å². The van der Waals surface area contributed by atoms with E-state index in [0.717, 1.165) is 21.1 Å². The average molecular weight is 268 g/mol. The number of hydrogen-bond acceptors (Lipinski definition) is 2. The summed E-state index contributed by atoms with van der Waals surface area (Å²) in [5.74, 6) is 0.400. The molecular weight excluding hydrogens is 254 g/mol. The second kappa shape index (κ2) is 3.94. The van der Waals surface area contributed by atoms with Crippen molar-refractivity contribution in [3.8, 4) is 0 Å². The zero-order valence-corrected chi connectivity index (χ0v) is 10.4. The van der Waals surface area contributed by atoms with E-state index in [1.54, 1.807) is 0 Å². The minimum Gasteiger partial charge on any atom is -0.322 e. The lowest BCUT2D eigenvalue weighted by molar-refractivity contribution is 0.505. The second-order valence-electron chi connectivity index (χ2n) is 4.07. The van der Waals surface area contributed by atoms with E-state index in [1.807, 2.05) is 18.2 Å². The molecule has 80 valence electrons. The summed E-state index contributed by atoms with van der Waals surface area (Å²) in [6.45, 7) is 4.21. The Bertz CT molecular complexity index is 476. The number of benzene rings is 1. The molecule has 4 heteroatoms. The van der Waals surface area contributed by atoms with Crippen LogP contribution in [-0.4, -0.2) is 10.2 Å². The molecule has 0 saturated heterocycles. The molecule has 0 spiro atoms. The number of aromatic nitrogens is 2. The van der Waals surface area contributed by atoms with Gasteiger partial charge in [0.25, 0.3) is 0 Å². The minimum absolute atomic E-state index is 0.0103. The highest BCUT2D eigenvalue weighted by atomic mass is 79.9. The van der Waals surface area contributed by atoms with Crippen LogP contribution in [0.2, 0.25) is 0 Å². The third-order valence-electron chi connectivity index (χ3n) is 2.60. The Morgan fingerprint density at radius 2 is 2.13 bits per heavy atom. The third-order valence-corrected chi connectivity index (χ3v) is 3.09. The fourth-order valence-electron chi connectivity index (χ4n) is 1.59. The van der Waals surface area contributed by atoms with Crippen molar-refractivity contribution in [2.75, 3.05) is 0 Å². The molecular formula is C11H14BrN3. The van der Waals surface area contributed by atoms with E-state index >= 15 is 0 Å². The first-order valence-electron chi connectivity index (χ1n) is 4.98. The highest BCUT2D eigenvalue weighted by molar-refractivity contribution is 9.10. The molecule has 0 fully saturated rings. The standard InChI is InChI=1S/C11H14BrN3/c1-6(2)10(13)11-8-4-3-7(12)5-9(8)14-15-11/h3-6,10H,13H2,1-2H3,(H,14,15). The number of nitrogens with one attached hydrogen (secondary N) is 1. The number of aromatic amines is 1. The molecule has 0 aliphatic rings. The molecule has 2 aromatic rings. The van der Waals surface area contributed by atoms with Gasteiger partial charge in [-0.3, -0.25) is 5.10 Å². The van der Waals surface area contributed by atoms with E-state index in [-0.39, 0.29) is 6.04 Å². The van der Waals surface area contributed by atoms with Gasteiger partial charge >= 0.3 is 0 Å². The topological polar surface area (TPSA) is 54.7 Å². The zero-order valence-electron chi connectivity index (χ0n) is 8.79. The van der Waals surface area contributed by atoms with Crippen molar-refractivity contribution < 1.29 is 0 Å². The Hall–Kier alpha value is -0.870. The number of nitrogens with two attached hydrogens (primary N) is 1. The third kappa shape index (κ3) is 1.92. The van der Waals surface area contributed by atoms with Crippen molar-refractivity contribution in [3.63, 3.8) is 0 Å². The van der Waals surface area contributed by atoms with Crippen LogP contribution in [0.1, 0.15) is 25.6 Å². The van der Waals surface area contributed by atoms with E-state index in [0.29, 0.717) is 5.92 Å². The van der Waals surface area contributed by atoms with Gasteiger partial charge in [-0.15, -0.1) is 0 Å². The minimum atomic E-state index is 0.0103. The summed E-state index contributed by atoms with van der Waals surface area (Å²) in [4.78, 5) is 0. The number of H-pyrrole nitrogens is 1. The number of halogens is 1. The lowest BCUT2D eigenvalue weighted by Gasteiger charge is -2.13. The predicted molar refractivity (Wildman–Crippen MR) is 65.6 cm³/mol. The molecule has 1 atom stereocenters. The fourth-order valence-corrected chi connectivity index (χ4v) is 1.94.